The molecule has 0 aliphatic rings. The predicted molar refractivity (Wildman–Crippen MR) is 48.8 cm³/mol. The van der Waals surface area contributed by atoms with Crippen molar-refractivity contribution in [3.63, 3.8) is 0 Å². The van der Waals surface area contributed by atoms with Gasteiger partial charge in [0.1, 0.15) is 4.90 Å². The average Bonchev–Trinajstić information content (AvgIpc) is 2.09. The highest BCUT2D eigenvalue weighted by molar-refractivity contribution is 7.89. The van der Waals surface area contributed by atoms with E-state index in [1.54, 1.807) is 0 Å². The maximum atomic E-state index is 11.2. The molecule has 72 valence electrons. The molecule has 0 aliphatic heterocycles. The lowest BCUT2D eigenvalue weighted by Crippen LogP contribution is -2.18. The van der Waals surface area contributed by atoms with Gasteiger partial charge in [0.25, 0.3) is 0 Å². The van der Waals surface area contributed by atoms with Gasteiger partial charge >= 0.3 is 0 Å². The second-order valence-corrected chi connectivity index (χ2v) is 4.26. The average molecular weight is 202 g/mol. The standard InChI is InChI=1S/C7H10N2O3S/c1-9-13(11,12)6-4-2-3-5(8)7(6)10/h2-4,9-10H,8H2,1H3. The van der Waals surface area contributed by atoms with Gasteiger partial charge in [0.05, 0.1) is 5.69 Å². The smallest absolute Gasteiger partial charge is 0.244 e. The molecule has 0 spiro atoms. The fraction of sp³-hybridized carbons (Fsp3) is 0.143. The number of para-hydroxylation sites is 1. The van der Waals surface area contributed by atoms with Gasteiger partial charge in [-0.05, 0) is 19.2 Å². The summed E-state index contributed by atoms with van der Waals surface area (Å²) in [5.74, 6) is -0.420. The molecular weight excluding hydrogens is 192 g/mol. The third-order valence-electron chi connectivity index (χ3n) is 1.59. The summed E-state index contributed by atoms with van der Waals surface area (Å²) >= 11 is 0. The maximum Gasteiger partial charge on any atom is 0.244 e. The Bertz CT molecular complexity index is 414. The number of rotatable bonds is 2. The summed E-state index contributed by atoms with van der Waals surface area (Å²) in [4.78, 5) is -0.213. The van der Waals surface area contributed by atoms with Gasteiger partial charge in [0.2, 0.25) is 10.0 Å². The van der Waals surface area contributed by atoms with Crippen LogP contribution in [-0.4, -0.2) is 20.6 Å². The SMILES string of the molecule is CNS(=O)(=O)c1cccc(N)c1O. The first-order chi connectivity index (χ1) is 5.99. The summed E-state index contributed by atoms with van der Waals surface area (Å²) in [5.41, 5.74) is 5.37. The maximum absolute atomic E-state index is 11.2. The number of phenolic OH excluding ortho intramolecular Hbond substituents is 1. The zero-order valence-corrected chi connectivity index (χ0v) is 7.80. The first-order valence-electron chi connectivity index (χ1n) is 3.50. The molecule has 0 aliphatic carbocycles. The number of hydrogen-bond acceptors (Lipinski definition) is 4. The minimum Gasteiger partial charge on any atom is -0.504 e. The first kappa shape index (κ1) is 9.82. The fourth-order valence-corrected chi connectivity index (χ4v) is 1.72. The van der Waals surface area contributed by atoms with Gasteiger partial charge in [-0.15, -0.1) is 0 Å². The second-order valence-electron chi connectivity index (χ2n) is 2.40. The lowest BCUT2D eigenvalue weighted by atomic mass is 10.3. The number of nitrogens with two attached hydrogens (primary N) is 1. The van der Waals surface area contributed by atoms with Crippen LogP contribution in [0.25, 0.3) is 0 Å². The number of aromatic hydroxyl groups is 1. The highest BCUT2D eigenvalue weighted by atomic mass is 32.2. The molecular formula is C7H10N2O3S. The Morgan fingerprint density at radius 3 is 2.62 bits per heavy atom. The summed E-state index contributed by atoms with van der Waals surface area (Å²) in [7, 11) is -2.37. The molecule has 0 aromatic heterocycles. The van der Waals surface area contributed by atoms with Crippen molar-refractivity contribution < 1.29 is 13.5 Å². The molecule has 1 aromatic rings. The van der Waals surface area contributed by atoms with Crippen LogP contribution in [0, 0.1) is 0 Å². The van der Waals surface area contributed by atoms with Crippen molar-refractivity contribution in [1.82, 2.24) is 4.72 Å². The molecule has 1 rings (SSSR count). The van der Waals surface area contributed by atoms with Crippen LogP contribution in [0.3, 0.4) is 0 Å². The molecule has 0 atom stereocenters. The molecule has 0 heterocycles. The van der Waals surface area contributed by atoms with Gasteiger partial charge in [0, 0.05) is 0 Å². The number of sulfonamides is 1. The lowest BCUT2D eigenvalue weighted by molar-refractivity contribution is 0.461. The van der Waals surface area contributed by atoms with Gasteiger partial charge in [-0.3, -0.25) is 0 Å². The molecule has 5 nitrogen and oxygen atoms in total. The van der Waals surface area contributed by atoms with E-state index in [0.29, 0.717) is 0 Å². The minimum absolute atomic E-state index is 0.0383. The van der Waals surface area contributed by atoms with E-state index in [0.717, 1.165) is 0 Å². The van der Waals surface area contributed by atoms with E-state index in [1.807, 2.05) is 0 Å². The Hall–Kier alpha value is -1.27. The number of benzene rings is 1. The molecule has 0 fully saturated rings. The lowest BCUT2D eigenvalue weighted by Gasteiger charge is -2.06. The summed E-state index contributed by atoms with van der Waals surface area (Å²) in [6.07, 6.45) is 0. The van der Waals surface area contributed by atoms with Gasteiger partial charge in [0.15, 0.2) is 5.75 Å². The van der Waals surface area contributed by atoms with Crippen LogP contribution in [0.15, 0.2) is 23.1 Å². The monoisotopic (exact) mass is 202 g/mol. The van der Waals surface area contributed by atoms with Crippen molar-refractivity contribution in [3.05, 3.63) is 18.2 Å². The van der Waals surface area contributed by atoms with Crippen molar-refractivity contribution in [2.75, 3.05) is 12.8 Å². The number of nitrogens with one attached hydrogen (secondary N) is 1. The molecule has 4 N–H and O–H groups in total. The molecule has 6 heteroatoms. The summed E-state index contributed by atoms with van der Waals surface area (Å²) in [5, 5.41) is 9.32. The van der Waals surface area contributed by atoms with Crippen molar-refractivity contribution in [2.24, 2.45) is 0 Å². The van der Waals surface area contributed by atoms with E-state index in [9.17, 15) is 13.5 Å². The first-order valence-corrected chi connectivity index (χ1v) is 4.98. The predicted octanol–water partition coefficient (Wildman–Crippen LogP) is -0.117. The Balaban J connectivity index is 3.40. The highest BCUT2D eigenvalue weighted by Crippen LogP contribution is 2.27. The zero-order valence-electron chi connectivity index (χ0n) is 6.98. The van der Waals surface area contributed by atoms with Crippen LogP contribution in [0.1, 0.15) is 0 Å². The molecule has 0 radical (unpaired) electrons. The second kappa shape index (κ2) is 3.23. The van der Waals surface area contributed by atoms with Crippen LogP contribution < -0.4 is 10.5 Å². The third kappa shape index (κ3) is 1.73. The Morgan fingerprint density at radius 1 is 1.46 bits per heavy atom. The van der Waals surface area contributed by atoms with Crippen LogP contribution >= 0.6 is 0 Å². The third-order valence-corrected chi connectivity index (χ3v) is 3.03. The van der Waals surface area contributed by atoms with E-state index < -0.39 is 15.8 Å². The van der Waals surface area contributed by atoms with E-state index in [4.69, 9.17) is 5.73 Å². The minimum atomic E-state index is -3.63. The van der Waals surface area contributed by atoms with E-state index >= 15 is 0 Å². The van der Waals surface area contributed by atoms with Crippen LogP contribution in [0.5, 0.6) is 5.75 Å². The van der Waals surface area contributed by atoms with Crippen molar-refractivity contribution in [1.29, 1.82) is 0 Å². The van der Waals surface area contributed by atoms with E-state index in [1.165, 1.54) is 25.2 Å². The molecule has 0 unspecified atom stereocenters. The van der Waals surface area contributed by atoms with Gasteiger partial charge in [-0.25, -0.2) is 13.1 Å². The van der Waals surface area contributed by atoms with Gasteiger partial charge in [-0.2, -0.15) is 0 Å². The number of nitrogen functional groups attached to an aromatic ring is 1. The Kier molecular flexibility index (Phi) is 2.44. The molecule has 1 aromatic carbocycles. The van der Waals surface area contributed by atoms with E-state index in [-0.39, 0.29) is 10.6 Å². The summed E-state index contributed by atoms with van der Waals surface area (Å²) in [6.45, 7) is 0. The van der Waals surface area contributed by atoms with Crippen LogP contribution in [0.2, 0.25) is 0 Å². The van der Waals surface area contributed by atoms with Crippen LogP contribution in [0.4, 0.5) is 5.69 Å². The topological polar surface area (TPSA) is 92.4 Å². The van der Waals surface area contributed by atoms with Crippen molar-refractivity contribution in [2.45, 2.75) is 4.90 Å². The molecule has 0 saturated carbocycles. The molecule has 0 amide bonds. The number of hydrogen-bond donors (Lipinski definition) is 3. The molecule has 13 heavy (non-hydrogen) atoms. The summed E-state index contributed by atoms with van der Waals surface area (Å²) < 4.78 is 24.6. The van der Waals surface area contributed by atoms with Crippen molar-refractivity contribution >= 4 is 15.7 Å². The quantitative estimate of drug-likeness (QED) is 0.460. The molecule has 0 bridgehead atoms. The highest BCUT2D eigenvalue weighted by Gasteiger charge is 2.17. The zero-order chi connectivity index (χ0) is 10.1. The van der Waals surface area contributed by atoms with Crippen LogP contribution in [-0.2, 0) is 10.0 Å². The number of phenols is 1. The normalized spacial score (nSPS) is 11.5. The van der Waals surface area contributed by atoms with Gasteiger partial charge in [-0.1, -0.05) is 6.07 Å². The Labute approximate surface area is 76.2 Å². The number of anilines is 1. The van der Waals surface area contributed by atoms with E-state index in [2.05, 4.69) is 4.72 Å². The Morgan fingerprint density at radius 2 is 2.08 bits per heavy atom. The molecule has 0 saturated heterocycles. The fourth-order valence-electron chi connectivity index (χ4n) is 0.866. The summed E-state index contributed by atoms with van der Waals surface area (Å²) in [6, 6.07) is 4.15. The largest absolute Gasteiger partial charge is 0.504 e. The van der Waals surface area contributed by atoms with Gasteiger partial charge < -0.3 is 10.8 Å². The van der Waals surface area contributed by atoms with Crippen molar-refractivity contribution in [3.8, 4) is 5.75 Å².